The Balaban J connectivity index is 2.01. The Morgan fingerprint density at radius 2 is 1.63 bits per heavy atom. The SMILES string of the molecule is CC(C)c1cc(-c2ccc(-c3ccc(CO)c(S(C)(=O)=O)c3)cc2)n(CC(=O)O)n1. The van der Waals surface area contributed by atoms with Crippen LogP contribution < -0.4 is 0 Å². The van der Waals surface area contributed by atoms with Crippen LogP contribution in [0.3, 0.4) is 0 Å². The van der Waals surface area contributed by atoms with E-state index in [-0.39, 0.29) is 24.0 Å². The van der Waals surface area contributed by atoms with E-state index >= 15 is 0 Å². The number of rotatable bonds is 7. The summed E-state index contributed by atoms with van der Waals surface area (Å²) in [7, 11) is -3.48. The zero-order valence-electron chi connectivity index (χ0n) is 17.0. The fourth-order valence-corrected chi connectivity index (χ4v) is 4.19. The summed E-state index contributed by atoms with van der Waals surface area (Å²) in [4.78, 5) is 11.3. The van der Waals surface area contributed by atoms with Crippen LogP contribution in [0.1, 0.15) is 31.0 Å². The standard InChI is InChI=1S/C22H24N2O5S/c1-14(2)19-11-20(24(23-19)12-22(26)27)16-6-4-15(5-7-16)17-8-9-18(13-25)21(10-17)30(3,28)29/h4-11,14,25H,12-13H2,1-3H3,(H,26,27). The molecule has 0 saturated heterocycles. The van der Waals surface area contributed by atoms with Gasteiger partial charge in [0.15, 0.2) is 9.84 Å². The number of aromatic nitrogens is 2. The molecular formula is C22H24N2O5S. The van der Waals surface area contributed by atoms with E-state index in [0.717, 1.165) is 23.1 Å². The maximum absolute atomic E-state index is 12.0. The Labute approximate surface area is 175 Å². The minimum Gasteiger partial charge on any atom is -0.480 e. The van der Waals surface area contributed by atoms with E-state index < -0.39 is 15.8 Å². The Bertz CT molecular complexity index is 1180. The zero-order chi connectivity index (χ0) is 22.1. The smallest absolute Gasteiger partial charge is 0.325 e. The fourth-order valence-electron chi connectivity index (χ4n) is 3.24. The van der Waals surface area contributed by atoms with Gasteiger partial charge in [-0.2, -0.15) is 5.10 Å². The molecule has 1 heterocycles. The predicted octanol–water partition coefficient (Wildman–Crippen LogP) is 3.32. The van der Waals surface area contributed by atoms with Crippen LogP contribution in [0.5, 0.6) is 0 Å². The van der Waals surface area contributed by atoms with E-state index in [2.05, 4.69) is 5.10 Å². The third kappa shape index (κ3) is 4.60. The molecule has 1 aromatic heterocycles. The van der Waals surface area contributed by atoms with E-state index in [1.54, 1.807) is 18.2 Å². The second-order valence-electron chi connectivity index (χ2n) is 7.49. The first kappa shape index (κ1) is 21.7. The molecule has 0 amide bonds. The Kier molecular flexibility index (Phi) is 6.09. The summed E-state index contributed by atoms with van der Waals surface area (Å²) in [5.74, 6) is -0.805. The third-order valence-corrected chi connectivity index (χ3v) is 6.01. The molecule has 0 aliphatic heterocycles. The molecule has 3 aromatic rings. The van der Waals surface area contributed by atoms with Crippen molar-refractivity contribution in [1.29, 1.82) is 0 Å². The molecule has 2 aromatic carbocycles. The first-order valence-corrected chi connectivity index (χ1v) is 11.3. The van der Waals surface area contributed by atoms with Crippen LogP contribution >= 0.6 is 0 Å². The van der Waals surface area contributed by atoms with Gasteiger partial charge >= 0.3 is 5.97 Å². The molecule has 0 unspecified atom stereocenters. The molecule has 0 aliphatic rings. The summed E-state index contributed by atoms with van der Waals surface area (Å²) in [6.07, 6.45) is 1.12. The molecule has 0 bridgehead atoms. The lowest BCUT2D eigenvalue weighted by molar-refractivity contribution is -0.137. The van der Waals surface area contributed by atoms with Crippen molar-refractivity contribution in [3.05, 3.63) is 59.8 Å². The zero-order valence-corrected chi connectivity index (χ0v) is 17.8. The van der Waals surface area contributed by atoms with E-state index in [0.29, 0.717) is 16.8 Å². The van der Waals surface area contributed by atoms with Crippen LogP contribution in [-0.4, -0.2) is 40.6 Å². The van der Waals surface area contributed by atoms with Gasteiger partial charge < -0.3 is 10.2 Å². The van der Waals surface area contributed by atoms with Crippen LogP contribution in [0.2, 0.25) is 0 Å². The van der Waals surface area contributed by atoms with E-state index in [4.69, 9.17) is 0 Å². The highest BCUT2D eigenvalue weighted by molar-refractivity contribution is 7.90. The quantitative estimate of drug-likeness (QED) is 0.597. The second-order valence-corrected chi connectivity index (χ2v) is 9.47. The number of nitrogens with zero attached hydrogens (tertiary/aromatic N) is 2. The number of aliphatic carboxylic acids is 1. The van der Waals surface area contributed by atoms with Gasteiger partial charge in [0.2, 0.25) is 0 Å². The van der Waals surface area contributed by atoms with Crippen molar-refractivity contribution in [2.75, 3.05) is 6.26 Å². The number of carboxylic acids is 1. The Hall–Kier alpha value is -2.97. The maximum Gasteiger partial charge on any atom is 0.325 e. The maximum atomic E-state index is 12.0. The van der Waals surface area contributed by atoms with Gasteiger partial charge in [0, 0.05) is 6.26 Å². The number of carbonyl (C=O) groups is 1. The van der Waals surface area contributed by atoms with Crippen LogP contribution in [0, 0.1) is 0 Å². The number of hydrogen-bond donors (Lipinski definition) is 2. The highest BCUT2D eigenvalue weighted by Gasteiger charge is 2.16. The van der Waals surface area contributed by atoms with E-state index in [1.165, 1.54) is 4.68 Å². The number of hydrogen-bond acceptors (Lipinski definition) is 5. The molecule has 8 heteroatoms. The molecule has 0 fully saturated rings. The minimum atomic E-state index is -3.48. The highest BCUT2D eigenvalue weighted by Crippen LogP contribution is 2.29. The number of aliphatic hydroxyl groups is 1. The van der Waals surface area contributed by atoms with Gasteiger partial charge in [-0.05, 0) is 40.3 Å². The van der Waals surface area contributed by atoms with Gasteiger partial charge in [0.05, 0.1) is 22.9 Å². The average molecular weight is 429 g/mol. The third-order valence-electron chi connectivity index (χ3n) is 4.83. The van der Waals surface area contributed by atoms with Crippen molar-refractivity contribution in [2.45, 2.75) is 37.8 Å². The molecule has 3 rings (SSSR count). The molecular weight excluding hydrogens is 404 g/mol. The van der Waals surface area contributed by atoms with Crippen molar-refractivity contribution < 1.29 is 23.4 Å². The molecule has 0 atom stereocenters. The van der Waals surface area contributed by atoms with Gasteiger partial charge in [-0.15, -0.1) is 0 Å². The van der Waals surface area contributed by atoms with Crippen molar-refractivity contribution >= 4 is 15.8 Å². The van der Waals surface area contributed by atoms with Gasteiger partial charge in [-0.1, -0.05) is 50.2 Å². The summed E-state index contributed by atoms with van der Waals surface area (Å²) in [5, 5.41) is 23.0. The number of benzene rings is 2. The summed E-state index contributed by atoms with van der Waals surface area (Å²) in [5.41, 5.74) is 4.21. The predicted molar refractivity (Wildman–Crippen MR) is 114 cm³/mol. The summed E-state index contributed by atoms with van der Waals surface area (Å²) in [6, 6.07) is 14.2. The van der Waals surface area contributed by atoms with Crippen LogP contribution in [0.25, 0.3) is 22.4 Å². The van der Waals surface area contributed by atoms with Gasteiger partial charge in [-0.25, -0.2) is 8.42 Å². The first-order valence-electron chi connectivity index (χ1n) is 9.44. The molecule has 30 heavy (non-hydrogen) atoms. The van der Waals surface area contributed by atoms with Crippen molar-refractivity contribution in [1.82, 2.24) is 9.78 Å². The Morgan fingerprint density at radius 1 is 1.03 bits per heavy atom. The first-order chi connectivity index (χ1) is 14.1. The van der Waals surface area contributed by atoms with E-state index in [9.17, 15) is 23.4 Å². The lowest BCUT2D eigenvalue weighted by Gasteiger charge is -2.10. The normalized spacial score (nSPS) is 11.8. The molecule has 0 aliphatic carbocycles. The lowest BCUT2D eigenvalue weighted by Crippen LogP contribution is -2.11. The largest absolute Gasteiger partial charge is 0.480 e. The van der Waals surface area contributed by atoms with Crippen molar-refractivity contribution in [3.63, 3.8) is 0 Å². The summed E-state index contributed by atoms with van der Waals surface area (Å²) >= 11 is 0. The topological polar surface area (TPSA) is 109 Å². The van der Waals surface area contributed by atoms with Gasteiger partial charge in [-0.3, -0.25) is 9.48 Å². The second kappa shape index (κ2) is 8.41. The molecule has 0 spiro atoms. The lowest BCUT2D eigenvalue weighted by atomic mass is 10.0. The summed E-state index contributed by atoms with van der Waals surface area (Å²) in [6.45, 7) is 3.41. The van der Waals surface area contributed by atoms with E-state index in [1.807, 2.05) is 44.2 Å². The number of sulfone groups is 1. The summed E-state index contributed by atoms with van der Waals surface area (Å²) < 4.78 is 25.6. The number of carboxylic acid groups (broad SMARTS) is 1. The molecule has 0 radical (unpaired) electrons. The average Bonchev–Trinajstić information content (AvgIpc) is 3.10. The monoisotopic (exact) mass is 428 g/mol. The van der Waals surface area contributed by atoms with Gasteiger partial charge in [0.25, 0.3) is 0 Å². The molecule has 158 valence electrons. The van der Waals surface area contributed by atoms with Crippen molar-refractivity contribution in [2.24, 2.45) is 0 Å². The number of aliphatic hydroxyl groups excluding tert-OH is 1. The van der Waals surface area contributed by atoms with Gasteiger partial charge in [0.1, 0.15) is 6.54 Å². The van der Waals surface area contributed by atoms with Crippen molar-refractivity contribution in [3.8, 4) is 22.4 Å². The molecule has 2 N–H and O–H groups in total. The highest BCUT2D eigenvalue weighted by atomic mass is 32.2. The Morgan fingerprint density at radius 3 is 2.17 bits per heavy atom. The van der Waals surface area contributed by atoms with Crippen LogP contribution in [0.4, 0.5) is 0 Å². The van der Waals surface area contributed by atoms with Crippen LogP contribution in [-0.2, 0) is 27.8 Å². The van der Waals surface area contributed by atoms with Crippen LogP contribution in [0.15, 0.2) is 53.4 Å². The molecule has 0 saturated carbocycles. The minimum absolute atomic E-state index is 0.104. The molecule has 7 nitrogen and oxygen atoms in total. The fraction of sp³-hybridized carbons (Fsp3) is 0.273.